The van der Waals surface area contributed by atoms with Crippen molar-refractivity contribution in [3.63, 3.8) is 0 Å². The average Bonchev–Trinajstić information content (AvgIpc) is 2.74. The predicted molar refractivity (Wildman–Crippen MR) is 119 cm³/mol. The van der Waals surface area contributed by atoms with Crippen LogP contribution in [0.15, 0.2) is 91.0 Å². The molecule has 0 bridgehead atoms. The van der Waals surface area contributed by atoms with E-state index in [0.717, 1.165) is 10.8 Å². The van der Waals surface area contributed by atoms with Crippen LogP contribution >= 0.6 is 30.6 Å². The Hall–Kier alpha value is -2.58. The van der Waals surface area contributed by atoms with E-state index in [-0.39, 0.29) is 0 Å². The molecule has 4 rings (SSSR count). The van der Waals surface area contributed by atoms with Gasteiger partial charge in [-0.1, -0.05) is 59.6 Å². The molecule has 0 aliphatic rings. The summed E-state index contributed by atoms with van der Waals surface area (Å²) >= 11 is 12.0. The molecule has 0 heterocycles. The molecule has 0 unspecified atom stereocenters. The van der Waals surface area contributed by atoms with Gasteiger partial charge in [0.2, 0.25) is 0 Å². The maximum atomic E-state index is 14.0. The number of halogens is 2. The summed E-state index contributed by atoms with van der Waals surface area (Å²) in [7, 11) is -3.73. The molecule has 0 radical (unpaired) electrons. The molecule has 0 amide bonds. The normalized spacial score (nSPS) is 11.4. The molecule has 0 fully saturated rings. The molecule has 29 heavy (non-hydrogen) atoms. The summed E-state index contributed by atoms with van der Waals surface area (Å²) in [5.41, 5.74) is 0.353. The van der Waals surface area contributed by atoms with Crippen LogP contribution < -0.4 is 10.6 Å². The number of hydrogen-bond donors (Lipinski definition) is 0. The third-order valence-electron chi connectivity index (χ3n) is 4.55. The van der Waals surface area contributed by atoms with Gasteiger partial charge in [-0.05, 0) is 65.4 Å². The molecule has 0 aromatic heterocycles. The number of rotatable bonds is 4. The number of benzene rings is 4. The van der Waals surface area contributed by atoms with Gasteiger partial charge in [0.15, 0.2) is 0 Å². The maximum Gasteiger partial charge on any atom is 0.344 e. The predicted octanol–water partition coefficient (Wildman–Crippen LogP) is 6.23. The Bertz CT molecular complexity index is 1180. The fraction of sp³-hybridized carbons (Fsp3) is 0. The van der Waals surface area contributed by atoms with E-state index in [4.69, 9.17) is 27.7 Å². The van der Waals surface area contributed by atoms with Gasteiger partial charge in [-0.2, -0.15) is 0 Å². The number of fused-ring (bicyclic) bond motifs is 1. The molecule has 0 spiro atoms. The highest BCUT2D eigenvalue weighted by Crippen LogP contribution is 2.46. The van der Waals surface area contributed by atoms with Crippen LogP contribution in [0, 0.1) is 0 Å². The molecular weight excluding hydrogens is 426 g/mol. The molecular formula is C23H15Cl2O3P. The fourth-order valence-electron chi connectivity index (χ4n) is 3.10. The van der Waals surface area contributed by atoms with Crippen LogP contribution in [0.3, 0.4) is 0 Å². The number of carbonyl (C=O) groups is 1. The Kier molecular flexibility index (Phi) is 5.47. The van der Waals surface area contributed by atoms with Crippen molar-refractivity contribution in [1.82, 2.24) is 0 Å². The molecule has 6 heteroatoms. The van der Waals surface area contributed by atoms with E-state index in [9.17, 15) is 9.36 Å². The minimum absolute atomic E-state index is 0.353. The molecule has 0 aliphatic carbocycles. The van der Waals surface area contributed by atoms with E-state index in [0.29, 0.717) is 26.2 Å². The molecule has 0 aliphatic heterocycles. The van der Waals surface area contributed by atoms with E-state index in [1.165, 1.54) is 0 Å². The van der Waals surface area contributed by atoms with Crippen LogP contribution in [0.25, 0.3) is 10.8 Å². The van der Waals surface area contributed by atoms with E-state index < -0.39 is 13.3 Å². The van der Waals surface area contributed by atoms with E-state index in [1.807, 2.05) is 30.3 Å². The molecule has 144 valence electrons. The van der Waals surface area contributed by atoms with Crippen LogP contribution in [0.5, 0.6) is 0 Å². The first-order valence-corrected chi connectivity index (χ1v) is 11.2. The summed E-state index contributed by atoms with van der Waals surface area (Å²) < 4.78 is 19.7. The van der Waals surface area contributed by atoms with Crippen molar-refractivity contribution in [2.24, 2.45) is 0 Å². The van der Waals surface area contributed by atoms with E-state index >= 15 is 0 Å². The minimum Gasteiger partial charge on any atom is -0.401 e. The maximum absolute atomic E-state index is 14.0. The fourth-order valence-corrected chi connectivity index (χ4v) is 5.27. The Morgan fingerprint density at radius 3 is 1.79 bits per heavy atom. The second-order valence-corrected chi connectivity index (χ2v) is 9.60. The van der Waals surface area contributed by atoms with Crippen molar-refractivity contribution >= 4 is 57.9 Å². The van der Waals surface area contributed by atoms with Crippen molar-refractivity contribution in [3.05, 3.63) is 107 Å². The summed E-state index contributed by atoms with van der Waals surface area (Å²) in [6.45, 7) is 0. The first kappa shape index (κ1) is 19.7. The zero-order chi connectivity index (χ0) is 20.4. The summed E-state index contributed by atoms with van der Waals surface area (Å²) in [4.78, 5) is 13.1. The van der Waals surface area contributed by atoms with Crippen LogP contribution in [-0.2, 0) is 9.09 Å². The van der Waals surface area contributed by atoms with Crippen LogP contribution in [0.4, 0.5) is 0 Å². The largest absolute Gasteiger partial charge is 0.401 e. The molecule has 3 nitrogen and oxygen atoms in total. The SMILES string of the molecule is O=C(OP(=O)(c1ccc(Cl)cc1)c1ccc(Cl)cc1)c1cccc2ccccc12. The van der Waals surface area contributed by atoms with Gasteiger partial charge in [0.1, 0.15) is 0 Å². The summed E-state index contributed by atoms with van der Waals surface area (Å²) in [6.07, 6.45) is 0. The number of carbonyl (C=O) groups excluding carboxylic acids is 1. The molecule has 0 N–H and O–H groups in total. The Labute approximate surface area is 178 Å². The van der Waals surface area contributed by atoms with Crippen LogP contribution in [0.2, 0.25) is 10.0 Å². The smallest absolute Gasteiger partial charge is 0.344 e. The van der Waals surface area contributed by atoms with Gasteiger partial charge in [-0.25, -0.2) is 4.79 Å². The first-order valence-electron chi connectivity index (χ1n) is 8.81. The standard InChI is InChI=1S/C23H15Cl2O3P/c24-17-8-12-19(13-9-17)29(27,20-14-10-18(25)11-15-20)28-23(26)22-7-3-5-16-4-1-2-6-21(16)22/h1-15H. The first-order chi connectivity index (χ1) is 14.0. The van der Waals surface area contributed by atoms with Gasteiger partial charge in [-0.3, -0.25) is 4.57 Å². The van der Waals surface area contributed by atoms with Gasteiger partial charge in [0.05, 0.1) is 16.2 Å². The summed E-state index contributed by atoms with van der Waals surface area (Å²) in [5, 5.41) is 3.37. The van der Waals surface area contributed by atoms with Crippen molar-refractivity contribution in [3.8, 4) is 0 Å². The topological polar surface area (TPSA) is 43.4 Å². The van der Waals surface area contributed by atoms with Gasteiger partial charge in [0.25, 0.3) is 0 Å². The molecule has 4 aromatic carbocycles. The third kappa shape index (κ3) is 3.95. The molecule has 0 atom stereocenters. The minimum atomic E-state index is -3.73. The lowest BCUT2D eigenvalue weighted by molar-refractivity contribution is 0.0749. The zero-order valence-electron chi connectivity index (χ0n) is 15.1. The van der Waals surface area contributed by atoms with Crippen molar-refractivity contribution in [2.45, 2.75) is 0 Å². The lowest BCUT2D eigenvalue weighted by Crippen LogP contribution is -2.21. The number of hydrogen-bond acceptors (Lipinski definition) is 3. The van der Waals surface area contributed by atoms with Gasteiger partial charge < -0.3 is 4.52 Å². The van der Waals surface area contributed by atoms with Crippen LogP contribution in [-0.4, -0.2) is 5.97 Å². The second-order valence-electron chi connectivity index (χ2n) is 6.41. The average molecular weight is 441 g/mol. The van der Waals surface area contributed by atoms with E-state index in [1.54, 1.807) is 60.7 Å². The molecule has 0 saturated carbocycles. The molecule has 4 aromatic rings. The summed E-state index contributed by atoms with van der Waals surface area (Å²) in [6, 6.07) is 25.7. The van der Waals surface area contributed by atoms with Gasteiger partial charge in [-0.15, -0.1) is 0 Å². The Morgan fingerprint density at radius 2 is 1.21 bits per heavy atom. The highest BCUT2D eigenvalue weighted by Gasteiger charge is 2.33. The van der Waals surface area contributed by atoms with Crippen molar-refractivity contribution in [1.29, 1.82) is 0 Å². The highest BCUT2D eigenvalue weighted by molar-refractivity contribution is 7.74. The second kappa shape index (κ2) is 8.04. The lowest BCUT2D eigenvalue weighted by atomic mass is 10.1. The Balaban J connectivity index is 1.81. The van der Waals surface area contributed by atoms with Crippen molar-refractivity contribution in [2.75, 3.05) is 0 Å². The third-order valence-corrected chi connectivity index (χ3v) is 7.44. The lowest BCUT2D eigenvalue weighted by Gasteiger charge is -2.20. The van der Waals surface area contributed by atoms with Gasteiger partial charge >= 0.3 is 13.3 Å². The Morgan fingerprint density at radius 1 is 0.690 bits per heavy atom. The van der Waals surface area contributed by atoms with Crippen molar-refractivity contribution < 1.29 is 13.9 Å². The molecule has 0 saturated heterocycles. The highest BCUT2D eigenvalue weighted by atomic mass is 35.5. The monoisotopic (exact) mass is 440 g/mol. The van der Waals surface area contributed by atoms with Crippen LogP contribution in [0.1, 0.15) is 10.4 Å². The van der Waals surface area contributed by atoms with E-state index in [2.05, 4.69) is 0 Å². The quantitative estimate of drug-likeness (QED) is 0.353. The zero-order valence-corrected chi connectivity index (χ0v) is 17.5. The van der Waals surface area contributed by atoms with Gasteiger partial charge in [0, 0.05) is 10.0 Å². The summed E-state index contributed by atoms with van der Waals surface area (Å²) in [5.74, 6) is -0.657.